The van der Waals surface area contributed by atoms with E-state index in [9.17, 15) is 0 Å². The van der Waals surface area contributed by atoms with Gasteiger partial charge in [0.05, 0.1) is 12.7 Å². The number of nitrogens with one attached hydrogen (secondary N) is 1. The van der Waals surface area contributed by atoms with E-state index in [2.05, 4.69) is 10.3 Å². The highest BCUT2D eigenvalue weighted by Gasteiger charge is 2.13. The van der Waals surface area contributed by atoms with E-state index in [1.807, 2.05) is 24.4 Å². The molecule has 1 saturated heterocycles. The van der Waals surface area contributed by atoms with Crippen LogP contribution in [0.25, 0.3) is 0 Å². The highest BCUT2D eigenvalue weighted by Crippen LogP contribution is 2.04. The zero-order valence-electron chi connectivity index (χ0n) is 7.57. The van der Waals surface area contributed by atoms with Crippen molar-refractivity contribution in [3.8, 4) is 0 Å². The van der Waals surface area contributed by atoms with Gasteiger partial charge in [-0.15, -0.1) is 0 Å². The second kappa shape index (κ2) is 4.35. The van der Waals surface area contributed by atoms with Gasteiger partial charge in [0.2, 0.25) is 0 Å². The van der Waals surface area contributed by atoms with Gasteiger partial charge in [0.15, 0.2) is 0 Å². The van der Waals surface area contributed by atoms with Crippen LogP contribution in [-0.4, -0.2) is 30.8 Å². The Balaban J connectivity index is 1.90. The van der Waals surface area contributed by atoms with E-state index in [4.69, 9.17) is 4.74 Å². The minimum absolute atomic E-state index is 0.295. The van der Waals surface area contributed by atoms with Gasteiger partial charge in [-0.3, -0.25) is 4.98 Å². The Morgan fingerprint density at radius 2 is 2.54 bits per heavy atom. The number of rotatable bonds is 2. The Morgan fingerprint density at radius 3 is 3.23 bits per heavy atom. The molecule has 0 aromatic carbocycles. The summed E-state index contributed by atoms with van der Waals surface area (Å²) in [6.45, 7) is 2.73. The smallest absolute Gasteiger partial charge is 0.0755 e. The van der Waals surface area contributed by atoms with Crippen LogP contribution in [-0.2, 0) is 11.2 Å². The van der Waals surface area contributed by atoms with Gasteiger partial charge in [0.25, 0.3) is 0 Å². The first-order valence-corrected chi connectivity index (χ1v) is 4.67. The Hall–Kier alpha value is -0.930. The first-order valence-electron chi connectivity index (χ1n) is 4.67. The van der Waals surface area contributed by atoms with Crippen LogP contribution in [0.4, 0.5) is 0 Å². The fourth-order valence-electron chi connectivity index (χ4n) is 1.50. The van der Waals surface area contributed by atoms with Crippen molar-refractivity contribution in [3.63, 3.8) is 0 Å². The molecule has 1 fully saturated rings. The van der Waals surface area contributed by atoms with E-state index < -0.39 is 0 Å². The lowest BCUT2D eigenvalue weighted by Gasteiger charge is -2.23. The fourth-order valence-corrected chi connectivity index (χ4v) is 1.50. The van der Waals surface area contributed by atoms with Gasteiger partial charge in [0, 0.05) is 31.4 Å². The molecule has 0 bridgehead atoms. The average molecular weight is 178 g/mol. The van der Waals surface area contributed by atoms with Gasteiger partial charge in [-0.2, -0.15) is 0 Å². The number of pyridine rings is 1. The van der Waals surface area contributed by atoms with Gasteiger partial charge in [-0.1, -0.05) is 6.07 Å². The first kappa shape index (κ1) is 8.66. The molecule has 0 amide bonds. The molecule has 0 spiro atoms. The SMILES string of the molecule is c1ccc(CC2CNCCO2)nc1. The number of morpholine rings is 1. The number of aromatic nitrogens is 1. The Labute approximate surface area is 78.1 Å². The van der Waals surface area contributed by atoms with Gasteiger partial charge in [-0.25, -0.2) is 0 Å². The molecule has 1 aromatic heterocycles. The topological polar surface area (TPSA) is 34.1 Å². The van der Waals surface area contributed by atoms with Crippen molar-refractivity contribution in [3.05, 3.63) is 30.1 Å². The minimum atomic E-state index is 0.295. The maximum Gasteiger partial charge on any atom is 0.0755 e. The van der Waals surface area contributed by atoms with Crippen molar-refractivity contribution in [2.45, 2.75) is 12.5 Å². The summed E-state index contributed by atoms with van der Waals surface area (Å²) in [6.07, 6.45) is 3.03. The molecule has 13 heavy (non-hydrogen) atoms. The molecule has 70 valence electrons. The van der Waals surface area contributed by atoms with Crippen LogP contribution < -0.4 is 5.32 Å². The quantitative estimate of drug-likeness (QED) is 0.720. The van der Waals surface area contributed by atoms with E-state index >= 15 is 0 Å². The van der Waals surface area contributed by atoms with Crippen molar-refractivity contribution in [1.82, 2.24) is 10.3 Å². The number of nitrogens with zero attached hydrogens (tertiary/aromatic N) is 1. The van der Waals surface area contributed by atoms with Crippen LogP contribution >= 0.6 is 0 Å². The second-order valence-corrected chi connectivity index (χ2v) is 3.22. The molecule has 2 rings (SSSR count). The summed E-state index contributed by atoms with van der Waals surface area (Å²) in [7, 11) is 0. The molecule has 1 aliphatic heterocycles. The third kappa shape index (κ3) is 2.50. The zero-order valence-corrected chi connectivity index (χ0v) is 7.57. The molecule has 1 unspecified atom stereocenters. The van der Waals surface area contributed by atoms with Crippen LogP contribution in [0.5, 0.6) is 0 Å². The molecule has 0 saturated carbocycles. The van der Waals surface area contributed by atoms with E-state index in [0.29, 0.717) is 6.10 Å². The van der Waals surface area contributed by atoms with Gasteiger partial charge < -0.3 is 10.1 Å². The molecular weight excluding hydrogens is 164 g/mol. The molecular formula is C10H14N2O. The summed E-state index contributed by atoms with van der Waals surface area (Å²) in [4.78, 5) is 4.27. The monoisotopic (exact) mass is 178 g/mol. The lowest BCUT2D eigenvalue weighted by atomic mass is 10.1. The lowest BCUT2D eigenvalue weighted by Crippen LogP contribution is -2.39. The predicted octanol–water partition coefficient (Wildman–Crippen LogP) is 0.612. The van der Waals surface area contributed by atoms with E-state index in [-0.39, 0.29) is 0 Å². The Morgan fingerprint density at radius 1 is 1.54 bits per heavy atom. The third-order valence-electron chi connectivity index (χ3n) is 2.17. The van der Waals surface area contributed by atoms with Crippen LogP contribution in [0.2, 0.25) is 0 Å². The van der Waals surface area contributed by atoms with Crippen LogP contribution in [0.3, 0.4) is 0 Å². The molecule has 3 heteroatoms. The molecule has 1 aliphatic rings. The number of ether oxygens (including phenoxy) is 1. The normalized spacial score (nSPS) is 22.9. The van der Waals surface area contributed by atoms with Crippen LogP contribution in [0, 0.1) is 0 Å². The summed E-state index contributed by atoms with van der Waals surface area (Å²) >= 11 is 0. The molecule has 0 aliphatic carbocycles. The van der Waals surface area contributed by atoms with Crippen LogP contribution in [0.1, 0.15) is 5.69 Å². The van der Waals surface area contributed by atoms with Crippen molar-refractivity contribution < 1.29 is 4.74 Å². The third-order valence-corrected chi connectivity index (χ3v) is 2.17. The van der Waals surface area contributed by atoms with Gasteiger partial charge in [0.1, 0.15) is 0 Å². The van der Waals surface area contributed by atoms with E-state index in [1.165, 1.54) is 0 Å². The number of hydrogen-bond donors (Lipinski definition) is 1. The molecule has 1 atom stereocenters. The van der Waals surface area contributed by atoms with Crippen LogP contribution in [0.15, 0.2) is 24.4 Å². The second-order valence-electron chi connectivity index (χ2n) is 3.22. The summed E-state index contributed by atoms with van der Waals surface area (Å²) < 4.78 is 5.58. The summed E-state index contributed by atoms with van der Waals surface area (Å²) in [5, 5.41) is 3.30. The molecule has 0 radical (unpaired) electrons. The minimum Gasteiger partial charge on any atom is -0.375 e. The Bertz CT molecular complexity index is 244. The highest BCUT2D eigenvalue weighted by atomic mass is 16.5. The van der Waals surface area contributed by atoms with Crippen molar-refractivity contribution >= 4 is 0 Å². The largest absolute Gasteiger partial charge is 0.375 e. The van der Waals surface area contributed by atoms with E-state index in [0.717, 1.165) is 31.8 Å². The van der Waals surface area contributed by atoms with E-state index in [1.54, 1.807) is 0 Å². The molecule has 1 N–H and O–H groups in total. The van der Waals surface area contributed by atoms with Crippen molar-refractivity contribution in [2.75, 3.05) is 19.7 Å². The zero-order chi connectivity index (χ0) is 8.93. The van der Waals surface area contributed by atoms with Gasteiger partial charge in [-0.05, 0) is 12.1 Å². The average Bonchev–Trinajstić information content (AvgIpc) is 2.21. The highest BCUT2D eigenvalue weighted by molar-refractivity contribution is 5.04. The maximum absolute atomic E-state index is 5.58. The maximum atomic E-state index is 5.58. The van der Waals surface area contributed by atoms with Gasteiger partial charge >= 0.3 is 0 Å². The summed E-state index contributed by atoms with van der Waals surface area (Å²) in [6, 6.07) is 5.99. The lowest BCUT2D eigenvalue weighted by molar-refractivity contribution is 0.0287. The number of hydrogen-bond acceptors (Lipinski definition) is 3. The standard InChI is InChI=1S/C10H14N2O/c1-2-4-12-9(3-1)7-10-8-11-5-6-13-10/h1-4,10-11H,5-8H2. The van der Waals surface area contributed by atoms with Crippen molar-refractivity contribution in [2.24, 2.45) is 0 Å². The molecule has 2 heterocycles. The molecule has 1 aromatic rings. The first-order chi connectivity index (χ1) is 6.45. The fraction of sp³-hybridized carbons (Fsp3) is 0.500. The summed E-state index contributed by atoms with van der Waals surface area (Å²) in [5.41, 5.74) is 1.11. The predicted molar refractivity (Wildman–Crippen MR) is 50.6 cm³/mol. The Kier molecular flexibility index (Phi) is 2.90. The van der Waals surface area contributed by atoms with Crippen molar-refractivity contribution in [1.29, 1.82) is 0 Å². The molecule has 3 nitrogen and oxygen atoms in total. The summed E-state index contributed by atoms with van der Waals surface area (Å²) in [5.74, 6) is 0.